The second-order valence-electron chi connectivity index (χ2n) is 3.63. The van der Waals surface area contributed by atoms with Gasteiger partial charge in [-0.2, -0.15) is 5.10 Å². The van der Waals surface area contributed by atoms with Gasteiger partial charge in [-0.1, -0.05) is 37.3 Å². The molecular weight excluding hydrogens is 264 g/mol. The number of thioether (sulfide) groups is 1. The molecule has 0 fully saturated rings. The number of benzene rings is 1. The molecule has 1 aromatic carbocycles. The second-order valence-corrected chi connectivity index (χ2v) is 5.12. The van der Waals surface area contributed by atoms with Crippen LogP contribution in [-0.4, -0.2) is 23.4 Å². The van der Waals surface area contributed by atoms with Crippen molar-refractivity contribution in [3.63, 3.8) is 0 Å². The van der Waals surface area contributed by atoms with Gasteiger partial charge in [-0.05, 0) is 42.5 Å². The molecule has 0 saturated heterocycles. The molecule has 0 amide bonds. The number of hydrogen-bond acceptors (Lipinski definition) is 4. The van der Waals surface area contributed by atoms with Crippen LogP contribution in [0.2, 0.25) is 0 Å². The third-order valence-electron chi connectivity index (χ3n) is 2.20. The fourth-order valence-electron chi connectivity index (χ4n) is 1.19. The van der Waals surface area contributed by atoms with Crippen LogP contribution in [0.3, 0.4) is 0 Å². The molecule has 98 valence electrons. The zero-order valence-corrected chi connectivity index (χ0v) is 12.3. The summed E-state index contributed by atoms with van der Waals surface area (Å²) in [5.74, 6) is 0.896. The molecule has 1 N–H and O–H groups in total. The van der Waals surface area contributed by atoms with E-state index >= 15 is 0 Å². The van der Waals surface area contributed by atoms with Crippen molar-refractivity contribution in [1.82, 2.24) is 5.43 Å². The molecule has 1 rings (SSSR count). The first-order chi connectivity index (χ1) is 8.76. The number of ether oxygens (including phenoxy) is 1. The number of hydrazone groups is 1. The highest BCUT2D eigenvalue weighted by molar-refractivity contribution is 8.22. The second kappa shape index (κ2) is 8.94. The fourth-order valence-corrected chi connectivity index (χ4v) is 1.39. The van der Waals surface area contributed by atoms with Gasteiger partial charge in [0.2, 0.25) is 0 Å². The predicted molar refractivity (Wildman–Crippen MR) is 83.7 cm³/mol. The van der Waals surface area contributed by atoms with Gasteiger partial charge in [-0.15, -0.1) is 0 Å². The Balaban J connectivity index is 2.42. The van der Waals surface area contributed by atoms with Crippen LogP contribution in [0.4, 0.5) is 0 Å². The highest BCUT2D eigenvalue weighted by Crippen LogP contribution is 2.11. The van der Waals surface area contributed by atoms with Gasteiger partial charge < -0.3 is 4.74 Å². The lowest BCUT2D eigenvalue weighted by atomic mass is 10.2. The summed E-state index contributed by atoms with van der Waals surface area (Å²) in [6, 6.07) is 7.83. The van der Waals surface area contributed by atoms with E-state index in [4.69, 9.17) is 17.0 Å². The maximum absolute atomic E-state index is 5.58. The lowest BCUT2D eigenvalue weighted by Crippen LogP contribution is -2.10. The molecule has 0 aliphatic rings. The Kier molecular flexibility index (Phi) is 7.44. The topological polar surface area (TPSA) is 33.6 Å². The summed E-state index contributed by atoms with van der Waals surface area (Å²) < 4.78 is 6.24. The average Bonchev–Trinajstić information content (AvgIpc) is 2.40. The molecule has 3 nitrogen and oxygen atoms in total. The Bertz CT molecular complexity index is 390. The smallest absolute Gasteiger partial charge is 0.153 e. The summed E-state index contributed by atoms with van der Waals surface area (Å²) >= 11 is 6.43. The Morgan fingerprint density at radius 3 is 2.78 bits per heavy atom. The van der Waals surface area contributed by atoms with Crippen molar-refractivity contribution in [2.45, 2.75) is 19.8 Å². The molecule has 18 heavy (non-hydrogen) atoms. The zero-order valence-electron chi connectivity index (χ0n) is 10.7. The molecule has 0 bridgehead atoms. The molecule has 1 aromatic rings. The normalized spacial score (nSPS) is 10.6. The maximum atomic E-state index is 5.58. The van der Waals surface area contributed by atoms with Crippen molar-refractivity contribution < 1.29 is 4.74 Å². The third kappa shape index (κ3) is 6.02. The van der Waals surface area contributed by atoms with Crippen molar-refractivity contribution in [2.75, 3.05) is 12.9 Å². The molecule has 0 saturated carbocycles. The van der Waals surface area contributed by atoms with Gasteiger partial charge >= 0.3 is 0 Å². The van der Waals surface area contributed by atoms with Crippen LogP contribution in [0.1, 0.15) is 25.3 Å². The number of nitrogens with one attached hydrogen (secondary N) is 1. The average molecular weight is 282 g/mol. The maximum Gasteiger partial charge on any atom is 0.153 e. The third-order valence-corrected chi connectivity index (χ3v) is 3.25. The first kappa shape index (κ1) is 15.0. The van der Waals surface area contributed by atoms with Crippen LogP contribution in [0, 0.1) is 0 Å². The first-order valence-corrected chi connectivity index (χ1v) is 7.49. The zero-order chi connectivity index (χ0) is 13.2. The fraction of sp³-hybridized carbons (Fsp3) is 0.385. The number of hydrogen-bond donors (Lipinski definition) is 1. The minimum Gasteiger partial charge on any atom is -0.494 e. The summed E-state index contributed by atoms with van der Waals surface area (Å²) in [6.07, 6.45) is 5.87. The molecule has 0 aliphatic heterocycles. The van der Waals surface area contributed by atoms with Gasteiger partial charge in [0.1, 0.15) is 5.75 Å². The van der Waals surface area contributed by atoms with E-state index in [1.807, 2.05) is 30.5 Å². The van der Waals surface area contributed by atoms with Crippen LogP contribution >= 0.6 is 24.0 Å². The predicted octanol–water partition coefficient (Wildman–Crippen LogP) is 3.44. The summed E-state index contributed by atoms with van der Waals surface area (Å²) in [4.78, 5) is 0. The van der Waals surface area contributed by atoms with Crippen LogP contribution in [0.15, 0.2) is 29.4 Å². The number of unbranched alkanes of at least 4 members (excludes halogenated alkanes) is 1. The first-order valence-electron chi connectivity index (χ1n) is 5.86. The van der Waals surface area contributed by atoms with Gasteiger partial charge in [0, 0.05) is 0 Å². The van der Waals surface area contributed by atoms with E-state index in [-0.39, 0.29) is 0 Å². The molecule has 0 aliphatic carbocycles. The van der Waals surface area contributed by atoms with E-state index in [0.717, 1.165) is 30.8 Å². The van der Waals surface area contributed by atoms with Gasteiger partial charge in [-0.25, -0.2) is 0 Å². The van der Waals surface area contributed by atoms with Gasteiger partial charge in [0.15, 0.2) is 4.32 Å². The summed E-state index contributed by atoms with van der Waals surface area (Å²) in [5.41, 5.74) is 3.78. The molecule has 0 heterocycles. The van der Waals surface area contributed by atoms with Crippen LogP contribution in [0.5, 0.6) is 5.75 Å². The van der Waals surface area contributed by atoms with Crippen molar-refractivity contribution in [3.8, 4) is 5.75 Å². The SMILES string of the molecule is CCCCOc1ccc(/C=N\NC(=S)SC)cc1. The minimum atomic E-state index is 0.658. The molecule has 0 unspecified atom stereocenters. The van der Waals surface area contributed by atoms with Crippen molar-refractivity contribution in [3.05, 3.63) is 29.8 Å². The van der Waals surface area contributed by atoms with E-state index in [0.29, 0.717) is 4.32 Å². The lowest BCUT2D eigenvalue weighted by Gasteiger charge is -2.04. The molecule has 0 atom stereocenters. The van der Waals surface area contributed by atoms with Crippen molar-refractivity contribution >= 4 is 34.5 Å². The Hall–Kier alpha value is -1.07. The van der Waals surface area contributed by atoms with E-state index in [2.05, 4.69) is 17.5 Å². The van der Waals surface area contributed by atoms with Crippen LogP contribution in [-0.2, 0) is 0 Å². The summed E-state index contributed by atoms with van der Waals surface area (Å²) in [6.45, 7) is 2.92. The van der Waals surface area contributed by atoms with Crippen LogP contribution in [0.25, 0.3) is 0 Å². The van der Waals surface area contributed by atoms with E-state index < -0.39 is 0 Å². The molecule has 0 aromatic heterocycles. The van der Waals surface area contributed by atoms with E-state index in [9.17, 15) is 0 Å². The largest absolute Gasteiger partial charge is 0.494 e. The van der Waals surface area contributed by atoms with E-state index in [1.54, 1.807) is 6.21 Å². The Morgan fingerprint density at radius 2 is 2.17 bits per heavy atom. The van der Waals surface area contributed by atoms with E-state index in [1.165, 1.54) is 11.8 Å². The highest BCUT2D eigenvalue weighted by Gasteiger charge is 1.94. The lowest BCUT2D eigenvalue weighted by molar-refractivity contribution is 0.309. The molecular formula is C13H18N2OS2. The Morgan fingerprint density at radius 1 is 1.44 bits per heavy atom. The highest BCUT2D eigenvalue weighted by atomic mass is 32.2. The monoisotopic (exact) mass is 282 g/mol. The molecule has 5 heteroatoms. The van der Waals surface area contributed by atoms with Gasteiger partial charge in [-0.3, -0.25) is 5.43 Å². The minimum absolute atomic E-state index is 0.658. The number of thiocarbonyl (C=S) groups is 1. The summed E-state index contributed by atoms with van der Waals surface area (Å²) in [5, 5.41) is 4.04. The van der Waals surface area contributed by atoms with Crippen molar-refractivity contribution in [2.24, 2.45) is 5.10 Å². The summed E-state index contributed by atoms with van der Waals surface area (Å²) in [7, 11) is 0. The standard InChI is InChI=1S/C13H18N2OS2/c1-3-4-9-16-12-7-5-11(6-8-12)10-14-15-13(17)18-2/h5-8,10H,3-4,9H2,1-2H3,(H,15,17)/b14-10-. The van der Waals surface area contributed by atoms with Crippen LogP contribution < -0.4 is 10.2 Å². The van der Waals surface area contributed by atoms with Gasteiger partial charge in [0.25, 0.3) is 0 Å². The molecule has 0 spiro atoms. The Labute approximate surface area is 118 Å². The number of nitrogens with zero attached hydrogens (tertiary/aromatic N) is 1. The number of rotatable bonds is 6. The van der Waals surface area contributed by atoms with Gasteiger partial charge in [0.05, 0.1) is 12.8 Å². The quantitative estimate of drug-likeness (QED) is 0.375. The molecule has 0 radical (unpaired) electrons. The van der Waals surface area contributed by atoms with Crippen molar-refractivity contribution in [1.29, 1.82) is 0 Å².